The molecule has 2 aromatic rings. The zero-order chi connectivity index (χ0) is 14.8. The average Bonchev–Trinajstić information content (AvgIpc) is 2.70. The van der Waals surface area contributed by atoms with Crippen molar-refractivity contribution in [3.8, 4) is 0 Å². The van der Waals surface area contributed by atoms with Crippen molar-refractivity contribution >= 4 is 24.9 Å². The molecule has 12 heteroatoms. The van der Waals surface area contributed by atoms with Gasteiger partial charge in [0, 0.05) is 0 Å². The van der Waals surface area contributed by atoms with Crippen LogP contribution in [0.25, 0.3) is 11.2 Å². The second-order valence-electron chi connectivity index (χ2n) is 3.70. The summed E-state index contributed by atoms with van der Waals surface area (Å²) in [5, 5.41) is 0. The number of aromatic nitrogens is 4. The summed E-state index contributed by atoms with van der Waals surface area (Å²) in [6.07, 6.45) is 1.35. The Balaban J connectivity index is 1.97. The SMILES string of the molecule is Nc1nc(=O)c2ncn(COCCOP(=O)(O)O)c2[nH]1. The fraction of sp³-hybridized carbons (Fsp3) is 0.375. The number of nitrogens with one attached hydrogen (secondary N) is 1. The number of anilines is 1. The summed E-state index contributed by atoms with van der Waals surface area (Å²) in [5.74, 6) is -0.0471. The number of phosphoric ester groups is 1. The molecule has 2 rings (SSSR count). The third-order valence-electron chi connectivity index (χ3n) is 2.23. The van der Waals surface area contributed by atoms with Crippen LogP contribution in [-0.4, -0.2) is 42.5 Å². The first-order chi connectivity index (χ1) is 9.37. The van der Waals surface area contributed by atoms with Crippen LogP contribution in [0.5, 0.6) is 0 Å². The van der Waals surface area contributed by atoms with E-state index >= 15 is 0 Å². The molecule has 0 spiro atoms. The number of nitrogens with two attached hydrogens (primary N) is 1. The van der Waals surface area contributed by atoms with Crippen LogP contribution in [0.2, 0.25) is 0 Å². The molecule has 5 N–H and O–H groups in total. The second-order valence-corrected chi connectivity index (χ2v) is 4.94. The molecule has 11 nitrogen and oxygen atoms in total. The van der Waals surface area contributed by atoms with Gasteiger partial charge in [-0.15, -0.1) is 0 Å². The van der Waals surface area contributed by atoms with Crippen LogP contribution < -0.4 is 11.3 Å². The Bertz CT molecular complexity index is 705. The van der Waals surface area contributed by atoms with E-state index in [4.69, 9.17) is 20.3 Å². The van der Waals surface area contributed by atoms with Crippen LogP contribution >= 0.6 is 7.82 Å². The minimum Gasteiger partial charge on any atom is -0.369 e. The highest BCUT2D eigenvalue weighted by atomic mass is 31.2. The van der Waals surface area contributed by atoms with E-state index in [9.17, 15) is 9.36 Å². The van der Waals surface area contributed by atoms with Crippen molar-refractivity contribution in [1.82, 2.24) is 19.5 Å². The Kier molecular flexibility index (Phi) is 4.16. The Labute approximate surface area is 111 Å². The van der Waals surface area contributed by atoms with Crippen molar-refractivity contribution in [2.24, 2.45) is 0 Å². The number of fused-ring (bicyclic) bond motifs is 1. The van der Waals surface area contributed by atoms with E-state index < -0.39 is 13.4 Å². The number of imidazole rings is 1. The molecule has 0 fully saturated rings. The normalized spacial score (nSPS) is 12.1. The third-order valence-corrected chi connectivity index (χ3v) is 2.75. The summed E-state index contributed by atoms with van der Waals surface area (Å²) in [4.78, 5) is 38.4. The lowest BCUT2D eigenvalue weighted by Gasteiger charge is -2.07. The van der Waals surface area contributed by atoms with Gasteiger partial charge in [0.15, 0.2) is 5.52 Å². The number of phosphoric acid groups is 1. The maximum Gasteiger partial charge on any atom is 0.469 e. The lowest BCUT2D eigenvalue weighted by molar-refractivity contribution is 0.0474. The topological polar surface area (TPSA) is 166 Å². The van der Waals surface area contributed by atoms with Crippen molar-refractivity contribution in [1.29, 1.82) is 0 Å². The predicted octanol–water partition coefficient (Wildman–Crippen LogP) is -1.21. The summed E-state index contributed by atoms with van der Waals surface area (Å²) < 4.78 is 21.2. The molecule has 0 aliphatic heterocycles. The molecule has 2 heterocycles. The Morgan fingerprint density at radius 2 is 2.20 bits per heavy atom. The van der Waals surface area contributed by atoms with E-state index in [1.54, 1.807) is 0 Å². The van der Waals surface area contributed by atoms with Crippen molar-refractivity contribution in [2.45, 2.75) is 6.73 Å². The molecule has 0 aliphatic carbocycles. The summed E-state index contributed by atoms with van der Waals surface area (Å²) in [7, 11) is -4.49. The highest BCUT2D eigenvalue weighted by Crippen LogP contribution is 2.35. The third kappa shape index (κ3) is 3.62. The van der Waals surface area contributed by atoms with Crippen LogP contribution in [0.15, 0.2) is 11.1 Å². The number of nitrogens with zero attached hydrogens (tertiary/aromatic N) is 3. The lowest BCUT2D eigenvalue weighted by atomic mass is 10.5. The zero-order valence-corrected chi connectivity index (χ0v) is 11.0. The van der Waals surface area contributed by atoms with Crippen molar-refractivity contribution in [3.05, 3.63) is 16.7 Å². The molecule has 0 amide bonds. The molecule has 2 aromatic heterocycles. The standard InChI is InChI=1S/C8H12N5O6P/c9-8-11-6-5(7(14)12-8)10-3-13(6)4-18-1-2-19-20(15,16)17/h3H,1-2,4H2,(H2,15,16,17)(H3,9,11,12,14). The van der Waals surface area contributed by atoms with Gasteiger partial charge in [-0.1, -0.05) is 0 Å². The van der Waals surface area contributed by atoms with E-state index in [1.807, 2.05) is 0 Å². The highest BCUT2D eigenvalue weighted by Gasteiger charge is 2.13. The van der Waals surface area contributed by atoms with Crippen LogP contribution in [0, 0.1) is 0 Å². The van der Waals surface area contributed by atoms with Gasteiger partial charge >= 0.3 is 13.4 Å². The van der Waals surface area contributed by atoms with Crippen molar-refractivity contribution < 1.29 is 23.6 Å². The van der Waals surface area contributed by atoms with Gasteiger partial charge in [-0.3, -0.25) is 13.9 Å². The monoisotopic (exact) mass is 305 g/mol. The number of ether oxygens (including phenoxy) is 1. The van der Waals surface area contributed by atoms with Gasteiger partial charge in [-0.05, 0) is 0 Å². The molecule has 0 atom stereocenters. The Morgan fingerprint density at radius 1 is 1.45 bits per heavy atom. The summed E-state index contributed by atoms with van der Waals surface area (Å²) >= 11 is 0. The van der Waals surface area contributed by atoms with Gasteiger partial charge < -0.3 is 25.2 Å². The Hall–Kier alpha value is -1.78. The maximum absolute atomic E-state index is 11.5. The summed E-state index contributed by atoms with van der Waals surface area (Å²) in [6, 6.07) is 0. The molecule has 20 heavy (non-hydrogen) atoms. The molecule has 110 valence electrons. The molecule has 0 saturated heterocycles. The second kappa shape index (κ2) is 5.69. The van der Waals surface area contributed by atoms with Gasteiger partial charge in [0.2, 0.25) is 5.95 Å². The molecular weight excluding hydrogens is 293 g/mol. The molecule has 0 bridgehead atoms. The highest BCUT2D eigenvalue weighted by molar-refractivity contribution is 7.46. The molecule has 0 saturated carbocycles. The van der Waals surface area contributed by atoms with E-state index in [2.05, 4.69) is 19.5 Å². The van der Waals surface area contributed by atoms with E-state index in [-0.39, 0.29) is 31.4 Å². The van der Waals surface area contributed by atoms with Gasteiger partial charge in [-0.2, -0.15) is 4.98 Å². The van der Waals surface area contributed by atoms with Gasteiger partial charge in [-0.25, -0.2) is 9.55 Å². The predicted molar refractivity (Wildman–Crippen MR) is 66.5 cm³/mol. The van der Waals surface area contributed by atoms with Crippen molar-refractivity contribution in [2.75, 3.05) is 18.9 Å². The largest absolute Gasteiger partial charge is 0.469 e. The molecular formula is C8H12N5O6P. The first-order valence-corrected chi connectivity index (χ1v) is 6.88. The Morgan fingerprint density at radius 3 is 2.90 bits per heavy atom. The minimum absolute atomic E-state index is 0.000409. The molecule has 0 unspecified atom stereocenters. The molecule has 0 aliphatic rings. The van der Waals surface area contributed by atoms with Gasteiger partial charge in [0.1, 0.15) is 12.4 Å². The fourth-order valence-corrected chi connectivity index (χ4v) is 1.77. The minimum atomic E-state index is -4.49. The summed E-state index contributed by atoms with van der Waals surface area (Å²) in [6.45, 7) is -0.312. The van der Waals surface area contributed by atoms with Crippen molar-refractivity contribution in [3.63, 3.8) is 0 Å². The van der Waals surface area contributed by atoms with E-state index in [0.29, 0.717) is 5.65 Å². The molecule has 0 aromatic carbocycles. The maximum atomic E-state index is 11.5. The van der Waals surface area contributed by atoms with Gasteiger partial charge in [0.25, 0.3) is 0 Å². The first kappa shape index (κ1) is 14.6. The van der Waals surface area contributed by atoms with Crippen LogP contribution in [0.1, 0.15) is 0 Å². The first-order valence-electron chi connectivity index (χ1n) is 5.35. The number of hydrogen-bond donors (Lipinski definition) is 4. The van der Waals surface area contributed by atoms with Crippen LogP contribution in [0.3, 0.4) is 0 Å². The summed E-state index contributed by atoms with van der Waals surface area (Å²) in [5.41, 5.74) is 5.33. The number of H-pyrrole nitrogens is 1. The zero-order valence-electron chi connectivity index (χ0n) is 10.1. The van der Waals surface area contributed by atoms with Crippen LogP contribution in [-0.2, 0) is 20.6 Å². The molecule has 0 radical (unpaired) electrons. The number of nitrogen functional groups attached to an aromatic ring is 1. The van der Waals surface area contributed by atoms with Crippen LogP contribution in [0.4, 0.5) is 5.95 Å². The average molecular weight is 305 g/mol. The number of hydrogen-bond acceptors (Lipinski definition) is 7. The van der Waals surface area contributed by atoms with E-state index in [0.717, 1.165) is 0 Å². The number of aromatic amines is 1. The fourth-order valence-electron chi connectivity index (χ4n) is 1.46. The smallest absolute Gasteiger partial charge is 0.369 e. The number of rotatable bonds is 6. The van der Waals surface area contributed by atoms with E-state index in [1.165, 1.54) is 10.9 Å². The van der Waals surface area contributed by atoms with Gasteiger partial charge in [0.05, 0.1) is 19.5 Å². The lowest BCUT2D eigenvalue weighted by Crippen LogP contribution is -2.13. The quantitative estimate of drug-likeness (QED) is 0.378.